The van der Waals surface area contributed by atoms with Crippen molar-refractivity contribution >= 4 is 11.3 Å². The van der Waals surface area contributed by atoms with Crippen LogP contribution in [0, 0.1) is 0 Å². The van der Waals surface area contributed by atoms with E-state index in [1.165, 1.54) is 4.88 Å². The van der Waals surface area contributed by atoms with Crippen LogP contribution in [0.15, 0.2) is 5.51 Å². The quantitative estimate of drug-likeness (QED) is 0.699. The van der Waals surface area contributed by atoms with E-state index in [-0.39, 0.29) is 5.41 Å². The van der Waals surface area contributed by atoms with Gasteiger partial charge in [-0.05, 0) is 0 Å². The Balaban J connectivity index is 3.02. The van der Waals surface area contributed by atoms with Gasteiger partial charge < -0.3 is 5.73 Å². The minimum Gasteiger partial charge on any atom is -0.326 e. The minimum absolute atomic E-state index is 0.134. The molecule has 0 aliphatic carbocycles. The predicted octanol–water partition coefficient (Wildman–Crippen LogP) is 1.90. The molecule has 1 aromatic heterocycles. The van der Waals surface area contributed by atoms with Gasteiger partial charge in [0.25, 0.3) is 0 Å². The monoisotopic (exact) mass is 170 g/mol. The Bertz CT molecular complexity index is 234. The minimum atomic E-state index is 0.134. The van der Waals surface area contributed by atoms with Gasteiger partial charge in [0.15, 0.2) is 0 Å². The fraction of sp³-hybridized carbons (Fsp3) is 0.625. The molecule has 0 radical (unpaired) electrons. The van der Waals surface area contributed by atoms with Gasteiger partial charge in [-0.25, -0.2) is 4.98 Å². The molecule has 1 rings (SSSR count). The molecule has 0 aromatic carbocycles. The molecule has 0 saturated carbocycles. The van der Waals surface area contributed by atoms with Crippen molar-refractivity contribution in [2.24, 2.45) is 5.73 Å². The highest BCUT2D eigenvalue weighted by atomic mass is 32.1. The summed E-state index contributed by atoms with van der Waals surface area (Å²) in [5, 5.41) is 0. The average Bonchev–Trinajstić information content (AvgIpc) is 2.31. The van der Waals surface area contributed by atoms with Gasteiger partial charge in [0.2, 0.25) is 0 Å². The molecule has 0 aliphatic heterocycles. The number of aromatic nitrogens is 1. The molecule has 0 amide bonds. The third kappa shape index (κ3) is 1.79. The third-order valence-electron chi connectivity index (χ3n) is 1.54. The van der Waals surface area contributed by atoms with Gasteiger partial charge in [0.05, 0.1) is 11.2 Å². The van der Waals surface area contributed by atoms with Crippen molar-refractivity contribution in [2.45, 2.75) is 32.7 Å². The largest absolute Gasteiger partial charge is 0.326 e. The van der Waals surface area contributed by atoms with Crippen LogP contribution in [0.1, 0.15) is 31.3 Å². The summed E-state index contributed by atoms with van der Waals surface area (Å²) in [6, 6.07) is 0. The summed E-state index contributed by atoms with van der Waals surface area (Å²) < 4.78 is 0. The van der Waals surface area contributed by atoms with Gasteiger partial charge in [-0.3, -0.25) is 0 Å². The second kappa shape index (κ2) is 2.91. The van der Waals surface area contributed by atoms with E-state index >= 15 is 0 Å². The molecule has 2 nitrogen and oxygen atoms in total. The lowest BCUT2D eigenvalue weighted by atomic mass is 9.91. The van der Waals surface area contributed by atoms with E-state index in [2.05, 4.69) is 25.8 Å². The molecule has 0 atom stereocenters. The smallest absolute Gasteiger partial charge is 0.0798 e. The summed E-state index contributed by atoms with van der Waals surface area (Å²) in [5.74, 6) is 0. The molecule has 0 aliphatic rings. The maximum Gasteiger partial charge on any atom is 0.0798 e. The number of thiazole rings is 1. The molecule has 0 fully saturated rings. The number of rotatable bonds is 1. The van der Waals surface area contributed by atoms with E-state index in [4.69, 9.17) is 5.73 Å². The molecule has 1 aromatic rings. The number of nitrogens with zero attached hydrogens (tertiary/aromatic N) is 1. The summed E-state index contributed by atoms with van der Waals surface area (Å²) in [6.07, 6.45) is 0. The SMILES string of the molecule is CC(C)(C)c1ncsc1CN. The first-order valence-electron chi connectivity index (χ1n) is 3.68. The Hall–Kier alpha value is -0.410. The van der Waals surface area contributed by atoms with Gasteiger partial charge in [0, 0.05) is 16.8 Å². The van der Waals surface area contributed by atoms with Gasteiger partial charge >= 0.3 is 0 Å². The topological polar surface area (TPSA) is 38.9 Å². The Morgan fingerprint density at radius 1 is 1.55 bits per heavy atom. The van der Waals surface area contributed by atoms with Crippen LogP contribution in [0.25, 0.3) is 0 Å². The highest BCUT2D eigenvalue weighted by Crippen LogP contribution is 2.26. The molecule has 1 heterocycles. The molecule has 11 heavy (non-hydrogen) atoms. The van der Waals surface area contributed by atoms with Gasteiger partial charge in [0.1, 0.15) is 0 Å². The van der Waals surface area contributed by atoms with Gasteiger partial charge in [-0.2, -0.15) is 0 Å². The fourth-order valence-corrected chi connectivity index (χ4v) is 1.88. The Labute approximate surface area is 71.5 Å². The Morgan fingerprint density at radius 2 is 2.18 bits per heavy atom. The molecule has 0 bridgehead atoms. The van der Waals surface area contributed by atoms with Crippen LogP contribution < -0.4 is 5.73 Å². The molecular formula is C8H14N2S. The van der Waals surface area contributed by atoms with Crippen LogP contribution in [0.2, 0.25) is 0 Å². The van der Waals surface area contributed by atoms with E-state index in [9.17, 15) is 0 Å². The predicted molar refractivity (Wildman–Crippen MR) is 48.7 cm³/mol. The summed E-state index contributed by atoms with van der Waals surface area (Å²) in [7, 11) is 0. The molecule has 62 valence electrons. The molecule has 3 heteroatoms. The normalized spacial score (nSPS) is 12.0. The van der Waals surface area contributed by atoms with E-state index in [1.54, 1.807) is 11.3 Å². The molecule has 0 unspecified atom stereocenters. The van der Waals surface area contributed by atoms with Crippen LogP contribution >= 0.6 is 11.3 Å². The first-order valence-corrected chi connectivity index (χ1v) is 4.56. The Morgan fingerprint density at radius 3 is 2.55 bits per heavy atom. The van der Waals surface area contributed by atoms with E-state index in [0.29, 0.717) is 6.54 Å². The van der Waals surface area contributed by atoms with Crippen molar-refractivity contribution in [3.63, 3.8) is 0 Å². The van der Waals surface area contributed by atoms with Gasteiger partial charge in [-0.1, -0.05) is 20.8 Å². The van der Waals surface area contributed by atoms with Crippen LogP contribution in [-0.4, -0.2) is 4.98 Å². The number of hydrogen-bond acceptors (Lipinski definition) is 3. The molecule has 0 spiro atoms. The van der Waals surface area contributed by atoms with E-state index < -0.39 is 0 Å². The Kier molecular flexibility index (Phi) is 2.30. The van der Waals surface area contributed by atoms with Crippen LogP contribution in [0.3, 0.4) is 0 Å². The summed E-state index contributed by atoms with van der Waals surface area (Å²) in [5.41, 5.74) is 8.70. The van der Waals surface area contributed by atoms with Crippen molar-refractivity contribution in [3.8, 4) is 0 Å². The first kappa shape index (κ1) is 8.68. The first-order chi connectivity index (χ1) is 5.05. The summed E-state index contributed by atoms with van der Waals surface area (Å²) in [6.45, 7) is 7.07. The molecule has 0 saturated heterocycles. The molecular weight excluding hydrogens is 156 g/mol. The lowest BCUT2D eigenvalue weighted by Crippen LogP contribution is -2.15. The highest BCUT2D eigenvalue weighted by molar-refractivity contribution is 7.09. The van der Waals surface area contributed by atoms with Crippen LogP contribution in [-0.2, 0) is 12.0 Å². The van der Waals surface area contributed by atoms with E-state index in [1.807, 2.05) is 5.51 Å². The van der Waals surface area contributed by atoms with Crippen molar-refractivity contribution in [3.05, 3.63) is 16.1 Å². The second-order valence-corrected chi connectivity index (χ2v) is 4.52. The summed E-state index contributed by atoms with van der Waals surface area (Å²) in [4.78, 5) is 5.50. The standard InChI is InChI=1S/C8H14N2S/c1-8(2,3)7-6(4-9)11-5-10-7/h5H,4,9H2,1-3H3. The number of nitrogens with two attached hydrogens (primary N) is 1. The zero-order valence-electron chi connectivity index (χ0n) is 7.22. The maximum absolute atomic E-state index is 5.56. The summed E-state index contributed by atoms with van der Waals surface area (Å²) >= 11 is 1.64. The fourth-order valence-electron chi connectivity index (χ4n) is 1.03. The second-order valence-electron chi connectivity index (χ2n) is 3.58. The van der Waals surface area contributed by atoms with Crippen LogP contribution in [0.4, 0.5) is 0 Å². The maximum atomic E-state index is 5.56. The third-order valence-corrected chi connectivity index (χ3v) is 2.39. The van der Waals surface area contributed by atoms with Crippen molar-refractivity contribution in [2.75, 3.05) is 0 Å². The van der Waals surface area contributed by atoms with E-state index in [0.717, 1.165) is 5.69 Å². The average molecular weight is 170 g/mol. The van der Waals surface area contributed by atoms with Gasteiger partial charge in [-0.15, -0.1) is 11.3 Å². The number of hydrogen-bond donors (Lipinski definition) is 1. The lowest BCUT2D eigenvalue weighted by molar-refractivity contribution is 0.566. The van der Waals surface area contributed by atoms with Crippen molar-refractivity contribution in [1.29, 1.82) is 0 Å². The lowest BCUT2D eigenvalue weighted by Gasteiger charge is -2.16. The van der Waals surface area contributed by atoms with Crippen molar-refractivity contribution < 1.29 is 0 Å². The molecule has 2 N–H and O–H groups in total. The highest BCUT2D eigenvalue weighted by Gasteiger charge is 2.19. The zero-order valence-corrected chi connectivity index (χ0v) is 8.03. The van der Waals surface area contributed by atoms with Crippen molar-refractivity contribution in [1.82, 2.24) is 4.98 Å². The zero-order chi connectivity index (χ0) is 8.48. The van der Waals surface area contributed by atoms with Crippen LogP contribution in [0.5, 0.6) is 0 Å².